The first-order valence-corrected chi connectivity index (χ1v) is 8.35. The van der Waals surface area contributed by atoms with Crippen LogP contribution in [0.25, 0.3) is 0 Å². The lowest BCUT2D eigenvalue weighted by atomic mass is 10.0. The molecule has 0 aliphatic rings. The van der Waals surface area contributed by atoms with Gasteiger partial charge in [-0.1, -0.05) is 30.3 Å². The van der Waals surface area contributed by atoms with Gasteiger partial charge in [-0.25, -0.2) is 0 Å². The maximum Gasteiger partial charge on any atom is 0.171 e. The predicted octanol–water partition coefficient (Wildman–Crippen LogP) is 3.31. The van der Waals surface area contributed by atoms with Gasteiger partial charge >= 0.3 is 0 Å². The van der Waals surface area contributed by atoms with Gasteiger partial charge in [-0.05, 0) is 69.0 Å². The second-order valence-corrected chi connectivity index (χ2v) is 6.25. The lowest BCUT2D eigenvalue weighted by molar-refractivity contribution is 0.339. The monoisotopic (exact) mass is 337 g/mol. The molecule has 0 N–H and O–H groups in total. The Morgan fingerprint density at radius 3 is 2.28 bits per heavy atom. The number of hydrogen-bond donors (Lipinski definition) is 0. The molecule has 1 heterocycles. The summed E-state index contributed by atoms with van der Waals surface area (Å²) in [6.45, 7) is 2.79. The number of rotatable bonds is 7. The van der Waals surface area contributed by atoms with E-state index < -0.39 is 0 Å². The number of tetrazole rings is 1. The minimum Gasteiger partial charge on any atom is -0.457 e. The van der Waals surface area contributed by atoms with Crippen LogP contribution in [0.15, 0.2) is 54.6 Å². The van der Waals surface area contributed by atoms with Crippen molar-refractivity contribution in [3.8, 4) is 11.5 Å². The second kappa shape index (κ2) is 7.90. The fourth-order valence-corrected chi connectivity index (χ4v) is 2.61. The van der Waals surface area contributed by atoms with Crippen molar-refractivity contribution in [2.45, 2.75) is 19.4 Å². The molecule has 25 heavy (non-hydrogen) atoms. The van der Waals surface area contributed by atoms with E-state index in [1.54, 1.807) is 4.80 Å². The summed E-state index contributed by atoms with van der Waals surface area (Å²) in [6, 6.07) is 17.9. The summed E-state index contributed by atoms with van der Waals surface area (Å²) in [5, 5.41) is 12.6. The minimum atomic E-state index is 0.0503. The largest absolute Gasteiger partial charge is 0.457 e. The Hall–Kier alpha value is -2.73. The van der Waals surface area contributed by atoms with Gasteiger partial charge in [0.2, 0.25) is 0 Å². The van der Waals surface area contributed by atoms with Crippen molar-refractivity contribution in [1.29, 1.82) is 0 Å². The van der Waals surface area contributed by atoms with Crippen LogP contribution in [0.1, 0.15) is 23.9 Å². The third-order valence-corrected chi connectivity index (χ3v) is 3.90. The molecule has 0 bridgehead atoms. The average Bonchev–Trinajstić information content (AvgIpc) is 3.03. The van der Waals surface area contributed by atoms with E-state index in [0.717, 1.165) is 30.0 Å². The van der Waals surface area contributed by atoms with Gasteiger partial charge in [0.25, 0.3) is 0 Å². The SMILES string of the molecule is Cc1nnn(C(CCN(C)C)c2ccc(Oc3ccccc3)cc2)n1. The van der Waals surface area contributed by atoms with Gasteiger partial charge in [0.05, 0.1) is 6.04 Å². The molecule has 0 aliphatic heterocycles. The van der Waals surface area contributed by atoms with Gasteiger partial charge in [-0.15, -0.1) is 10.2 Å². The van der Waals surface area contributed by atoms with Crippen LogP contribution in [0.2, 0.25) is 0 Å². The van der Waals surface area contributed by atoms with Crippen molar-refractivity contribution >= 4 is 0 Å². The Labute approximate surface area is 148 Å². The van der Waals surface area contributed by atoms with Crippen molar-refractivity contribution in [2.75, 3.05) is 20.6 Å². The summed E-state index contributed by atoms with van der Waals surface area (Å²) >= 11 is 0. The summed E-state index contributed by atoms with van der Waals surface area (Å²) in [6.07, 6.45) is 0.904. The van der Waals surface area contributed by atoms with Gasteiger partial charge < -0.3 is 9.64 Å². The van der Waals surface area contributed by atoms with Crippen LogP contribution in [0.5, 0.6) is 11.5 Å². The van der Waals surface area contributed by atoms with E-state index in [1.165, 1.54) is 0 Å². The van der Waals surface area contributed by atoms with Crippen LogP contribution in [0.4, 0.5) is 0 Å². The molecule has 0 saturated carbocycles. The zero-order chi connectivity index (χ0) is 17.6. The number of hydrogen-bond acceptors (Lipinski definition) is 5. The van der Waals surface area contributed by atoms with Gasteiger partial charge in [0.1, 0.15) is 11.5 Å². The second-order valence-electron chi connectivity index (χ2n) is 6.25. The van der Waals surface area contributed by atoms with Crippen molar-refractivity contribution in [1.82, 2.24) is 25.1 Å². The number of aryl methyl sites for hydroxylation is 1. The molecule has 1 atom stereocenters. The molecule has 0 radical (unpaired) electrons. The van der Waals surface area contributed by atoms with E-state index in [1.807, 2.05) is 49.4 Å². The summed E-state index contributed by atoms with van der Waals surface area (Å²) < 4.78 is 5.86. The molecule has 6 nitrogen and oxygen atoms in total. The Morgan fingerprint density at radius 1 is 1.00 bits per heavy atom. The predicted molar refractivity (Wildman–Crippen MR) is 96.8 cm³/mol. The van der Waals surface area contributed by atoms with E-state index in [4.69, 9.17) is 4.74 Å². The lowest BCUT2D eigenvalue weighted by Crippen LogP contribution is -2.21. The summed E-state index contributed by atoms with van der Waals surface area (Å²) in [5.74, 6) is 2.32. The molecule has 0 saturated heterocycles. The normalized spacial score (nSPS) is 12.3. The number of ether oxygens (including phenoxy) is 1. The first-order chi connectivity index (χ1) is 12.1. The molecule has 3 aromatic rings. The maximum absolute atomic E-state index is 5.86. The van der Waals surface area contributed by atoms with Crippen molar-refractivity contribution in [3.05, 3.63) is 66.0 Å². The zero-order valence-corrected chi connectivity index (χ0v) is 14.8. The average molecular weight is 337 g/mol. The van der Waals surface area contributed by atoms with E-state index in [0.29, 0.717) is 5.82 Å². The van der Waals surface area contributed by atoms with E-state index in [2.05, 4.69) is 46.5 Å². The molecule has 0 aliphatic carbocycles. The fraction of sp³-hybridized carbons (Fsp3) is 0.316. The molecule has 3 rings (SSSR count). The standard InChI is InChI=1S/C19H23N5O/c1-15-20-22-24(21-15)19(13-14-23(2)3)16-9-11-18(12-10-16)25-17-7-5-4-6-8-17/h4-12,19H,13-14H2,1-3H3. The number of para-hydroxylation sites is 1. The van der Waals surface area contributed by atoms with Crippen molar-refractivity contribution in [2.24, 2.45) is 0 Å². The Balaban J connectivity index is 1.78. The van der Waals surface area contributed by atoms with E-state index >= 15 is 0 Å². The number of nitrogens with zero attached hydrogens (tertiary/aromatic N) is 5. The van der Waals surface area contributed by atoms with Gasteiger partial charge in [-0.2, -0.15) is 4.80 Å². The fourth-order valence-electron chi connectivity index (χ4n) is 2.61. The van der Waals surface area contributed by atoms with Crippen LogP contribution in [0.3, 0.4) is 0 Å². The zero-order valence-electron chi connectivity index (χ0n) is 14.8. The van der Waals surface area contributed by atoms with Crippen molar-refractivity contribution in [3.63, 3.8) is 0 Å². The molecule has 1 unspecified atom stereocenters. The summed E-state index contributed by atoms with van der Waals surface area (Å²) in [5.41, 5.74) is 1.14. The summed E-state index contributed by atoms with van der Waals surface area (Å²) in [7, 11) is 4.13. The van der Waals surface area contributed by atoms with Crippen LogP contribution >= 0.6 is 0 Å². The Morgan fingerprint density at radius 2 is 1.68 bits per heavy atom. The molecule has 130 valence electrons. The highest BCUT2D eigenvalue weighted by atomic mass is 16.5. The van der Waals surface area contributed by atoms with Gasteiger partial charge in [0.15, 0.2) is 5.82 Å². The van der Waals surface area contributed by atoms with Gasteiger partial charge in [-0.3, -0.25) is 0 Å². The van der Waals surface area contributed by atoms with Crippen molar-refractivity contribution < 1.29 is 4.74 Å². The third kappa shape index (κ3) is 4.64. The third-order valence-electron chi connectivity index (χ3n) is 3.90. The van der Waals surface area contributed by atoms with Crippen LogP contribution in [-0.4, -0.2) is 45.7 Å². The highest BCUT2D eigenvalue weighted by molar-refractivity contribution is 5.34. The Bertz CT molecular complexity index is 783. The molecule has 6 heteroatoms. The minimum absolute atomic E-state index is 0.0503. The summed E-state index contributed by atoms with van der Waals surface area (Å²) in [4.78, 5) is 3.86. The first-order valence-electron chi connectivity index (χ1n) is 8.35. The van der Waals surface area contributed by atoms with Crippen LogP contribution < -0.4 is 4.74 Å². The topological polar surface area (TPSA) is 56.1 Å². The first kappa shape index (κ1) is 17.1. The number of benzene rings is 2. The molecule has 1 aromatic heterocycles. The maximum atomic E-state index is 5.86. The van der Waals surface area contributed by atoms with Crippen LogP contribution in [-0.2, 0) is 0 Å². The molecule has 2 aromatic carbocycles. The Kier molecular flexibility index (Phi) is 5.40. The lowest BCUT2D eigenvalue weighted by Gasteiger charge is -2.19. The molecule has 0 amide bonds. The quantitative estimate of drug-likeness (QED) is 0.662. The van der Waals surface area contributed by atoms with Crippen LogP contribution in [0, 0.1) is 6.92 Å². The molecule has 0 fully saturated rings. The smallest absolute Gasteiger partial charge is 0.171 e. The molecule has 0 spiro atoms. The van der Waals surface area contributed by atoms with E-state index in [9.17, 15) is 0 Å². The highest BCUT2D eigenvalue weighted by Gasteiger charge is 2.17. The number of aromatic nitrogens is 4. The highest BCUT2D eigenvalue weighted by Crippen LogP contribution is 2.26. The molecular formula is C19H23N5O. The molecular weight excluding hydrogens is 314 g/mol. The van der Waals surface area contributed by atoms with E-state index in [-0.39, 0.29) is 6.04 Å². The van der Waals surface area contributed by atoms with Gasteiger partial charge in [0, 0.05) is 0 Å².